The lowest BCUT2D eigenvalue weighted by atomic mass is 9.85. The third-order valence-electron chi connectivity index (χ3n) is 5.93. The zero-order chi connectivity index (χ0) is 23.0. The minimum absolute atomic E-state index is 0.0847. The number of thiazole rings is 1. The van der Waals surface area contributed by atoms with Crippen molar-refractivity contribution >= 4 is 40.0 Å². The van der Waals surface area contributed by atoms with Gasteiger partial charge in [0, 0.05) is 29.8 Å². The Hall–Kier alpha value is -3.25. The van der Waals surface area contributed by atoms with Crippen LogP contribution in [0.25, 0.3) is 17.3 Å². The topological polar surface area (TPSA) is 62.3 Å². The molecular formula is C26H27N3O2S. The Morgan fingerprint density at radius 3 is 2.56 bits per heavy atom. The molecule has 1 aromatic heterocycles. The summed E-state index contributed by atoms with van der Waals surface area (Å²) in [4.78, 5) is 31.1. The standard InChI is InChI=1S/C26H27N3O2S/c1-16(2)18-9-6-17(7-10-18)8-13-23(30)28-25-27-21(15-32-25)19-11-12-22-20(14-19)26(3,4)24(31)29(22)5/h6-16H,1-5H3,(H,27,28,30)/b13-8+. The average Bonchev–Trinajstić information content (AvgIpc) is 3.30. The van der Waals surface area contributed by atoms with Gasteiger partial charge in [-0.2, -0.15) is 0 Å². The van der Waals surface area contributed by atoms with Gasteiger partial charge in [0.05, 0.1) is 11.1 Å². The highest BCUT2D eigenvalue weighted by atomic mass is 32.1. The molecular weight excluding hydrogens is 418 g/mol. The normalized spacial score (nSPS) is 14.9. The van der Waals surface area contributed by atoms with Crippen LogP contribution >= 0.6 is 11.3 Å². The summed E-state index contributed by atoms with van der Waals surface area (Å²) in [5.41, 5.74) is 5.31. The lowest BCUT2D eigenvalue weighted by Crippen LogP contribution is -2.33. The van der Waals surface area contributed by atoms with Crippen molar-refractivity contribution in [2.24, 2.45) is 0 Å². The molecule has 164 valence electrons. The highest BCUT2D eigenvalue weighted by Gasteiger charge is 2.42. The van der Waals surface area contributed by atoms with E-state index in [1.807, 2.05) is 49.6 Å². The fourth-order valence-corrected chi connectivity index (χ4v) is 4.63. The third-order valence-corrected chi connectivity index (χ3v) is 6.69. The molecule has 4 rings (SSSR count). The maximum atomic E-state index is 12.5. The number of fused-ring (bicyclic) bond motifs is 1. The number of likely N-dealkylation sites (N-methyl/N-ethyl adjacent to an activating group) is 1. The first kappa shape index (κ1) is 22.0. The number of nitrogens with one attached hydrogen (secondary N) is 1. The fourth-order valence-electron chi connectivity index (χ4n) is 3.91. The lowest BCUT2D eigenvalue weighted by Gasteiger charge is -2.16. The van der Waals surface area contributed by atoms with Gasteiger partial charge >= 0.3 is 0 Å². The summed E-state index contributed by atoms with van der Waals surface area (Å²) in [5, 5.41) is 5.29. The fraction of sp³-hybridized carbons (Fsp3) is 0.269. The molecule has 0 radical (unpaired) electrons. The summed E-state index contributed by atoms with van der Waals surface area (Å²) in [6, 6.07) is 14.1. The lowest BCUT2D eigenvalue weighted by molar-refractivity contribution is -0.121. The molecule has 0 spiro atoms. The van der Waals surface area contributed by atoms with E-state index in [-0.39, 0.29) is 11.8 Å². The van der Waals surface area contributed by atoms with Crippen LogP contribution in [0, 0.1) is 0 Å². The van der Waals surface area contributed by atoms with Gasteiger partial charge in [-0.3, -0.25) is 14.9 Å². The van der Waals surface area contributed by atoms with E-state index in [2.05, 4.69) is 36.3 Å². The zero-order valence-electron chi connectivity index (χ0n) is 19.0. The van der Waals surface area contributed by atoms with Crippen LogP contribution in [-0.2, 0) is 15.0 Å². The Morgan fingerprint density at radius 1 is 1.16 bits per heavy atom. The maximum absolute atomic E-state index is 12.5. The van der Waals surface area contributed by atoms with Crippen LogP contribution in [-0.4, -0.2) is 23.8 Å². The molecule has 0 saturated carbocycles. The highest BCUT2D eigenvalue weighted by Crippen LogP contribution is 2.42. The van der Waals surface area contributed by atoms with Gasteiger partial charge in [-0.25, -0.2) is 4.98 Å². The Balaban J connectivity index is 1.46. The van der Waals surface area contributed by atoms with Crippen LogP contribution in [0.15, 0.2) is 53.9 Å². The van der Waals surface area contributed by atoms with Crippen LogP contribution < -0.4 is 10.2 Å². The van der Waals surface area contributed by atoms with Crippen molar-refractivity contribution in [3.8, 4) is 11.3 Å². The third kappa shape index (κ3) is 4.10. The van der Waals surface area contributed by atoms with Gasteiger partial charge in [0.25, 0.3) is 0 Å². The highest BCUT2D eigenvalue weighted by molar-refractivity contribution is 7.14. The van der Waals surface area contributed by atoms with E-state index < -0.39 is 5.41 Å². The van der Waals surface area contributed by atoms with E-state index in [9.17, 15) is 9.59 Å². The first-order valence-electron chi connectivity index (χ1n) is 10.6. The summed E-state index contributed by atoms with van der Waals surface area (Å²) in [7, 11) is 1.80. The van der Waals surface area contributed by atoms with Crippen LogP contribution in [0.4, 0.5) is 10.8 Å². The van der Waals surface area contributed by atoms with E-state index in [0.717, 1.165) is 28.1 Å². The summed E-state index contributed by atoms with van der Waals surface area (Å²) < 4.78 is 0. The minimum atomic E-state index is -0.564. The zero-order valence-corrected chi connectivity index (χ0v) is 19.8. The molecule has 0 atom stereocenters. The molecule has 6 heteroatoms. The van der Waals surface area contributed by atoms with Crippen molar-refractivity contribution in [2.75, 3.05) is 17.3 Å². The molecule has 2 heterocycles. The molecule has 0 fully saturated rings. The van der Waals surface area contributed by atoms with Gasteiger partial charge in [0.15, 0.2) is 5.13 Å². The first-order chi connectivity index (χ1) is 15.2. The number of anilines is 2. The number of aromatic nitrogens is 1. The van der Waals surface area contributed by atoms with Crippen molar-refractivity contribution in [1.82, 2.24) is 4.98 Å². The van der Waals surface area contributed by atoms with E-state index in [1.165, 1.54) is 23.0 Å². The van der Waals surface area contributed by atoms with Gasteiger partial charge in [-0.15, -0.1) is 11.3 Å². The van der Waals surface area contributed by atoms with Crippen LogP contribution in [0.1, 0.15) is 50.3 Å². The first-order valence-corrected chi connectivity index (χ1v) is 11.5. The van der Waals surface area contributed by atoms with Gasteiger partial charge in [0.1, 0.15) is 0 Å². The largest absolute Gasteiger partial charge is 0.314 e. The predicted octanol–water partition coefficient (Wildman–Crippen LogP) is 5.84. The second kappa shape index (κ2) is 8.36. The van der Waals surface area contributed by atoms with Crippen molar-refractivity contribution in [3.05, 3.63) is 70.6 Å². The molecule has 0 unspecified atom stereocenters. The summed E-state index contributed by atoms with van der Waals surface area (Å²) in [6.07, 6.45) is 3.31. The van der Waals surface area contributed by atoms with Gasteiger partial charge in [-0.05, 0) is 54.7 Å². The molecule has 5 nitrogen and oxygen atoms in total. The quantitative estimate of drug-likeness (QED) is 0.502. The molecule has 0 saturated heterocycles. The Kier molecular flexibility index (Phi) is 5.73. The van der Waals surface area contributed by atoms with Crippen LogP contribution in [0.5, 0.6) is 0 Å². The van der Waals surface area contributed by atoms with Crippen molar-refractivity contribution in [1.29, 1.82) is 0 Å². The molecule has 2 aromatic carbocycles. The minimum Gasteiger partial charge on any atom is -0.314 e. The molecule has 0 aliphatic carbocycles. The van der Waals surface area contributed by atoms with E-state index in [1.54, 1.807) is 18.0 Å². The monoisotopic (exact) mass is 445 g/mol. The molecule has 3 aromatic rings. The molecule has 0 bridgehead atoms. The van der Waals surface area contributed by atoms with E-state index in [4.69, 9.17) is 0 Å². The summed E-state index contributed by atoms with van der Waals surface area (Å²) >= 11 is 1.38. The van der Waals surface area contributed by atoms with Crippen LogP contribution in [0.3, 0.4) is 0 Å². The predicted molar refractivity (Wildman–Crippen MR) is 132 cm³/mol. The van der Waals surface area contributed by atoms with Crippen molar-refractivity contribution < 1.29 is 9.59 Å². The van der Waals surface area contributed by atoms with Crippen LogP contribution in [0.2, 0.25) is 0 Å². The second-order valence-electron chi connectivity index (χ2n) is 8.90. The Bertz CT molecular complexity index is 1210. The van der Waals surface area contributed by atoms with Gasteiger partial charge in [-0.1, -0.05) is 44.2 Å². The average molecular weight is 446 g/mol. The van der Waals surface area contributed by atoms with Crippen molar-refractivity contribution in [2.45, 2.75) is 39.0 Å². The number of carbonyl (C=O) groups is 2. The van der Waals surface area contributed by atoms with E-state index in [0.29, 0.717) is 11.0 Å². The number of hydrogen-bond acceptors (Lipinski definition) is 4. The van der Waals surface area contributed by atoms with Gasteiger partial charge < -0.3 is 4.90 Å². The smallest absolute Gasteiger partial charge is 0.250 e. The maximum Gasteiger partial charge on any atom is 0.250 e. The van der Waals surface area contributed by atoms with E-state index >= 15 is 0 Å². The Labute approximate surface area is 192 Å². The van der Waals surface area contributed by atoms with Crippen molar-refractivity contribution in [3.63, 3.8) is 0 Å². The summed E-state index contributed by atoms with van der Waals surface area (Å²) in [6.45, 7) is 8.19. The molecule has 2 amide bonds. The molecule has 1 aliphatic rings. The number of nitrogens with zero attached hydrogens (tertiary/aromatic N) is 2. The molecule has 1 N–H and O–H groups in total. The number of benzene rings is 2. The number of rotatable bonds is 5. The summed E-state index contributed by atoms with van der Waals surface area (Å²) in [5.74, 6) is 0.344. The number of carbonyl (C=O) groups excluding carboxylic acids is 2. The number of hydrogen-bond donors (Lipinski definition) is 1. The second-order valence-corrected chi connectivity index (χ2v) is 9.76. The number of amides is 2. The SMILES string of the molecule is CC(C)c1ccc(/C=C/C(=O)Nc2nc(-c3ccc4c(c3)C(C)(C)C(=O)N4C)cs2)cc1. The molecule has 1 aliphatic heterocycles. The van der Waals surface area contributed by atoms with Gasteiger partial charge in [0.2, 0.25) is 11.8 Å². The molecule has 32 heavy (non-hydrogen) atoms. The Morgan fingerprint density at radius 2 is 1.88 bits per heavy atom.